The van der Waals surface area contributed by atoms with Gasteiger partial charge in [-0.1, -0.05) is 57.2 Å². The first kappa shape index (κ1) is 20.6. The molecule has 0 aliphatic heterocycles. The van der Waals surface area contributed by atoms with Crippen molar-refractivity contribution in [1.82, 2.24) is 0 Å². The molecule has 0 spiro atoms. The molecule has 0 fully saturated rings. The fraction of sp³-hybridized carbons (Fsp3) is 0.250. The molecule has 27 heavy (non-hydrogen) atoms. The van der Waals surface area contributed by atoms with Gasteiger partial charge in [-0.05, 0) is 76.4 Å². The van der Waals surface area contributed by atoms with Crippen molar-refractivity contribution in [3.8, 4) is 5.75 Å². The monoisotopic (exact) mass is 583 g/mol. The maximum Gasteiger partial charge on any atom is 0.362 e. The lowest BCUT2D eigenvalue weighted by atomic mass is 9.87. The van der Waals surface area contributed by atoms with Crippen LogP contribution in [0.3, 0.4) is 0 Å². The minimum Gasteiger partial charge on any atom is -0.484 e. The topological polar surface area (TPSA) is 9.23 Å². The molecule has 0 saturated heterocycles. The Bertz CT molecular complexity index is 891. The SMILES string of the molecule is Cc1cccc(OCc2ccc(I)cc2)c1[I+]c1ccc(C(C)(C)C)cc1. The maximum atomic E-state index is 6.22. The highest BCUT2D eigenvalue weighted by Crippen LogP contribution is 2.21. The smallest absolute Gasteiger partial charge is 0.362 e. The van der Waals surface area contributed by atoms with Gasteiger partial charge in [0.05, 0.1) is 0 Å². The summed E-state index contributed by atoms with van der Waals surface area (Å²) in [4.78, 5) is 0. The Labute approximate surface area is 186 Å². The number of aryl methyl sites for hydroxylation is 1. The van der Waals surface area contributed by atoms with Crippen LogP contribution in [0.1, 0.15) is 37.5 Å². The summed E-state index contributed by atoms with van der Waals surface area (Å²) in [5.74, 6) is 1.03. The Kier molecular flexibility index (Phi) is 6.84. The van der Waals surface area contributed by atoms with Gasteiger partial charge >= 0.3 is 21.2 Å². The Morgan fingerprint density at radius 3 is 2.19 bits per heavy atom. The van der Waals surface area contributed by atoms with Crippen molar-refractivity contribution in [2.75, 3.05) is 0 Å². The maximum absolute atomic E-state index is 6.22. The molecule has 3 rings (SSSR count). The van der Waals surface area contributed by atoms with Gasteiger partial charge in [-0.15, -0.1) is 0 Å². The molecule has 0 N–H and O–H groups in total. The molecule has 0 radical (unpaired) electrons. The average Bonchev–Trinajstić information content (AvgIpc) is 2.63. The van der Waals surface area contributed by atoms with Crippen LogP contribution in [-0.4, -0.2) is 0 Å². The highest BCUT2D eigenvalue weighted by atomic mass is 127. The molecule has 0 bridgehead atoms. The fourth-order valence-corrected chi connectivity index (χ4v) is 5.62. The lowest BCUT2D eigenvalue weighted by Crippen LogP contribution is -3.61. The largest absolute Gasteiger partial charge is 0.484 e. The van der Waals surface area contributed by atoms with E-state index in [2.05, 4.69) is 117 Å². The van der Waals surface area contributed by atoms with E-state index < -0.39 is 0 Å². The lowest BCUT2D eigenvalue weighted by molar-refractivity contribution is -0.598. The zero-order chi connectivity index (χ0) is 19.4. The summed E-state index contributed by atoms with van der Waals surface area (Å²) in [6, 6.07) is 24.1. The van der Waals surface area contributed by atoms with Crippen LogP contribution in [0.4, 0.5) is 0 Å². The van der Waals surface area contributed by atoms with Crippen LogP contribution in [-0.2, 0) is 12.0 Å². The van der Waals surface area contributed by atoms with Gasteiger partial charge in [-0.2, -0.15) is 0 Å². The fourth-order valence-electron chi connectivity index (χ4n) is 2.72. The van der Waals surface area contributed by atoms with Crippen molar-refractivity contribution in [3.63, 3.8) is 0 Å². The summed E-state index contributed by atoms with van der Waals surface area (Å²) < 4.78 is 10.3. The van der Waals surface area contributed by atoms with Crippen molar-refractivity contribution >= 4 is 22.6 Å². The van der Waals surface area contributed by atoms with E-state index in [9.17, 15) is 0 Å². The van der Waals surface area contributed by atoms with Crippen LogP contribution in [0.2, 0.25) is 0 Å². The first-order valence-corrected chi connectivity index (χ1v) is 12.3. The van der Waals surface area contributed by atoms with Crippen molar-refractivity contribution < 1.29 is 25.9 Å². The number of halogens is 2. The van der Waals surface area contributed by atoms with E-state index in [4.69, 9.17) is 4.74 Å². The second kappa shape index (κ2) is 8.95. The average molecular weight is 583 g/mol. The van der Waals surface area contributed by atoms with Crippen LogP contribution >= 0.6 is 22.6 Å². The van der Waals surface area contributed by atoms with E-state index in [1.54, 1.807) is 0 Å². The van der Waals surface area contributed by atoms with Crippen LogP contribution in [0.5, 0.6) is 5.75 Å². The predicted octanol–water partition coefficient (Wildman–Crippen LogP) is 3.60. The summed E-state index contributed by atoms with van der Waals surface area (Å²) in [5.41, 5.74) is 4.11. The molecule has 0 saturated carbocycles. The van der Waals surface area contributed by atoms with Crippen molar-refractivity contribution in [2.45, 2.75) is 39.7 Å². The van der Waals surface area contributed by atoms with Crippen molar-refractivity contribution in [2.24, 2.45) is 0 Å². The van der Waals surface area contributed by atoms with Crippen molar-refractivity contribution in [1.29, 1.82) is 0 Å². The lowest BCUT2D eigenvalue weighted by Gasteiger charge is -2.18. The molecule has 3 heteroatoms. The molecular weight excluding hydrogens is 558 g/mol. The third-order valence-electron chi connectivity index (χ3n) is 4.38. The van der Waals surface area contributed by atoms with Crippen LogP contribution in [0.15, 0.2) is 66.7 Å². The van der Waals surface area contributed by atoms with Gasteiger partial charge in [0.25, 0.3) is 0 Å². The van der Waals surface area contributed by atoms with E-state index in [-0.39, 0.29) is 26.6 Å². The van der Waals surface area contributed by atoms with Gasteiger partial charge in [0.1, 0.15) is 6.61 Å². The minimum atomic E-state index is -0.278. The molecule has 0 unspecified atom stereocenters. The van der Waals surface area contributed by atoms with E-state index in [1.165, 1.54) is 27.4 Å². The van der Waals surface area contributed by atoms with Gasteiger partial charge in [0.2, 0.25) is 3.57 Å². The van der Waals surface area contributed by atoms with Crippen LogP contribution in [0.25, 0.3) is 0 Å². The molecule has 0 aliphatic carbocycles. The Hall–Kier alpha value is -1.08. The van der Waals surface area contributed by atoms with Crippen molar-refractivity contribution in [3.05, 3.63) is 94.1 Å². The normalized spacial score (nSPS) is 11.4. The molecular formula is C24H25I2O+. The van der Waals surface area contributed by atoms with Gasteiger partial charge in [-0.3, -0.25) is 0 Å². The van der Waals surface area contributed by atoms with Crippen LogP contribution in [0, 0.1) is 17.6 Å². The Morgan fingerprint density at radius 2 is 1.56 bits per heavy atom. The zero-order valence-electron chi connectivity index (χ0n) is 16.2. The number of rotatable bonds is 5. The molecule has 3 aromatic rings. The molecule has 0 heterocycles. The summed E-state index contributed by atoms with van der Waals surface area (Å²) in [6.07, 6.45) is 0. The Morgan fingerprint density at radius 1 is 0.889 bits per heavy atom. The standard InChI is InChI=1S/C24H25I2O/c1-17-6-5-7-22(27-16-18-8-12-20(25)13-9-18)23(17)26-21-14-10-19(11-15-21)24(2,3)4/h5-15H,16H2,1-4H3/q+1. The summed E-state index contributed by atoms with van der Waals surface area (Å²) in [6.45, 7) is 9.58. The minimum absolute atomic E-state index is 0.196. The quantitative estimate of drug-likeness (QED) is 0.418. The molecule has 0 atom stereocenters. The van der Waals surface area contributed by atoms with Gasteiger partial charge < -0.3 is 4.74 Å². The second-order valence-electron chi connectivity index (χ2n) is 7.65. The molecule has 3 aromatic carbocycles. The number of hydrogen-bond donors (Lipinski definition) is 0. The van der Waals surface area contributed by atoms with Gasteiger partial charge in [0, 0.05) is 9.13 Å². The van der Waals surface area contributed by atoms with E-state index >= 15 is 0 Å². The molecule has 140 valence electrons. The number of ether oxygens (including phenoxy) is 1. The van der Waals surface area contributed by atoms with Crippen LogP contribution < -0.4 is 25.9 Å². The van der Waals surface area contributed by atoms with E-state index in [0.29, 0.717) is 6.61 Å². The summed E-state index contributed by atoms with van der Waals surface area (Å²) >= 11 is 2.05. The predicted molar refractivity (Wildman–Crippen MR) is 117 cm³/mol. The number of hydrogen-bond acceptors (Lipinski definition) is 1. The molecule has 0 amide bonds. The first-order valence-electron chi connectivity index (χ1n) is 9.05. The zero-order valence-corrected chi connectivity index (χ0v) is 20.5. The van der Waals surface area contributed by atoms with Gasteiger partial charge in [0.15, 0.2) is 9.32 Å². The van der Waals surface area contributed by atoms with E-state index in [1.807, 2.05) is 0 Å². The third kappa shape index (κ3) is 5.70. The molecule has 0 aliphatic rings. The summed E-state index contributed by atoms with van der Waals surface area (Å²) in [5, 5.41) is 0. The highest BCUT2D eigenvalue weighted by molar-refractivity contribution is 14.1. The summed E-state index contributed by atoms with van der Waals surface area (Å²) in [7, 11) is 0. The van der Waals surface area contributed by atoms with Gasteiger partial charge in [-0.25, -0.2) is 0 Å². The second-order valence-corrected chi connectivity index (χ2v) is 11.8. The molecule has 1 nitrogen and oxygen atoms in total. The molecule has 0 aromatic heterocycles. The van der Waals surface area contributed by atoms with E-state index in [0.717, 1.165) is 5.75 Å². The number of benzene rings is 3. The Balaban J connectivity index is 1.78. The highest BCUT2D eigenvalue weighted by Gasteiger charge is 2.24. The first-order chi connectivity index (χ1) is 12.8. The third-order valence-corrected chi connectivity index (χ3v) is 8.36.